The maximum absolute atomic E-state index is 12.5. The van der Waals surface area contributed by atoms with Crippen LogP contribution in [-0.2, 0) is 6.18 Å². The zero-order chi connectivity index (χ0) is 13.2. The lowest BCUT2D eigenvalue weighted by Gasteiger charge is -2.37. The van der Waals surface area contributed by atoms with Crippen molar-refractivity contribution in [1.29, 1.82) is 0 Å². The van der Waals surface area contributed by atoms with Crippen LogP contribution in [0.3, 0.4) is 0 Å². The van der Waals surface area contributed by atoms with E-state index in [1.165, 1.54) is 4.68 Å². The predicted octanol–water partition coefficient (Wildman–Crippen LogP) is 2.85. The van der Waals surface area contributed by atoms with Gasteiger partial charge in [-0.2, -0.15) is 18.3 Å². The lowest BCUT2D eigenvalue weighted by atomic mass is 9.79. The number of alkyl halides is 3. The average Bonchev–Trinajstić information content (AvgIpc) is 2.71. The van der Waals surface area contributed by atoms with Crippen LogP contribution in [-0.4, -0.2) is 22.9 Å². The van der Waals surface area contributed by atoms with Gasteiger partial charge in [0.25, 0.3) is 0 Å². The largest absolute Gasteiger partial charge is 0.419 e. The smallest absolute Gasteiger partial charge is 0.316 e. The summed E-state index contributed by atoms with van der Waals surface area (Å²) in [6.45, 7) is 3.91. The molecule has 0 aromatic carbocycles. The fraction of sp³-hybridized carbons (Fsp3) is 0.750. The minimum atomic E-state index is -4.29. The van der Waals surface area contributed by atoms with E-state index in [0.717, 1.165) is 44.7 Å². The topological polar surface area (TPSA) is 29.9 Å². The highest BCUT2D eigenvalue weighted by Crippen LogP contribution is 2.39. The zero-order valence-corrected chi connectivity index (χ0v) is 10.4. The molecule has 0 aliphatic heterocycles. The van der Waals surface area contributed by atoms with E-state index in [9.17, 15) is 13.2 Å². The van der Waals surface area contributed by atoms with Crippen LogP contribution in [0.15, 0.2) is 12.4 Å². The van der Waals surface area contributed by atoms with E-state index in [2.05, 4.69) is 17.3 Å². The molecular weight excluding hydrogens is 243 g/mol. The van der Waals surface area contributed by atoms with Crippen LogP contribution in [0.4, 0.5) is 13.2 Å². The highest BCUT2D eigenvalue weighted by molar-refractivity contribution is 5.09. The molecular formula is C12H18F3N3. The third-order valence-corrected chi connectivity index (χ3v) is 3.48. The van der Waals surface area contributed by atoms with Gasteiger partial charge in [0, 0.05) is 6.20 Å². The molecule has 0 bridgehead atoms. The highest BCUT2D eigenvalue weighted by Gasteiger charge is 2.36. The van der Waals surface area contributed by atoms with Crippen molar-refractivity contribution in [2.24, 2.45) is 5.92 Å². The Morgan fingerprint density at radius 2 is 2.22 bits per heavy atom. The van der Waals surface area contributed by atoms with Gasteiger partial charge in [0.2, 0.25) is 0 Å². The number of hydrogen-bond acceptors (Lipinski definition) is 2. The Bertz CT molecular complexity index is 386. The molecule has 2 rings (SSSR count). The number of nitrogens with one attached hydrogen (secondary N) is 1. The minimum Gasteiger partial charge on any atom is -0.316 e. The SMILES string of the molecule is CCCNCC1CCC1n1cc(C(F)(F)F)cn1. The summed E-state index contributed by atoms with van der Waals surface area (Å²) in [6.07, 6.45) is 0.779. The summed E-state index contributed by atoms with van der Waals surface area (Å²) in [7, 11) is 0. The lowest BCUT2D eigenvalue weighted by molar-refractivity contribution is -0.137. The fourth-order valence-electron chi connectivity index (χ4n) is 2.27. The number of hydrogen-bond donors (Lipinski definition) is 1. The molecule has 102 valence electrons. The second-order valence-corrected chi connectivity index (χ2v) is 4.82. The maximum atomic E-state index is 12.5. The average molecular weight is 261 g/mol. The van der Waals surface area contributed by atoms with Crippen molar-refractivity contribution in [3.63, 3.8) is 0 Å². The van der Waals surface area contributed by atoms with Gasteiger partial charge >= 0.3 is 6.18 Å². The van der Waals surface area contributed by atoms with Crippen molar-refractivity contribution >= 4 is 0 Å². The van der Waals surface area contributed by atoms with E-state index in [4.69, 9.17) is 0 Å². The quantitative estimate of drug-likeness (QED) is 0.826. The summed E-state index contributed by atoms with van der Waals surface area (Å²) in [5.74, 6) is 0.400. The fourth-order valence-corrected chi connectivity index (χ4v) is 2.27. The number of rotatable bonds is 5. The Hall–Kier alpha value is -1.04. The maximum Gasteiger partial charge on any atom is 0.419 e. The van der Waals surface area contributed by atoms with Gasteiger partial charge < -0.3 is 5.32 Å². The Morgan fingerprint density at radius 3 is 2.72 bits per heavy atom. The standard InChI is InChI=1S/C12H18F3N3/c1-2-5-16-6-9-3-4-11(9)18-8-10(7-17-18)12(13,14)15/h7-9,11,16H,2-6H2,1H3. The highest BCUT2D eigenvalue weighted by atomic mass is 19.4. The van der Waals surface area contributed by atoms with Crippen molar-refractivity contribution in [2.75, 3.05) is 13.1 Å². The van der Waals surface area contributed by atoms with Gasteiger partial charge in [-0.1, -0.05) is 6.92 Å². The Labute approximate surface area is 104 Å². The number of aromatic nitrogens is 2. The van der Waals surface area contributed by atoms with Crippen molar-refractivity contribution in [3.05, 3.63) is 18.0 Å². The molecule has 1 saturated carbocycles. The van der Waals surface area contributed by atoms with Crippen LogP contribution >= 0.6 is 0 Å². The van der Waals surface area contributed by atoms with Crippen LogP contribution in [0.1, 0.15) is 37.8 Å². The number of nitrogens with zero attached hydrogens (tertiary/aromatic N) is 2. The molecule has 1 heterocycles. The van der Waals surface area contributed by atoms with Gasteiger partial charge in [0.1, 0.15) is 0 Å². The van der Waals surface area contributed by atoms with Crippen LogP contribution < -0.4 is 5.32 Å². The first-order valence-corrected chi connectivity index (χ1v) is 6.34. The molecule has 3 nitrogen and oxygen atoms in total. The predicted molar refractivity (Wildman–Crippen MR) is 62.2 cm³/mol. The summed E-state index contributed by atoms with van der Waals surface area (Å²) < 4.78 is 38.9. The van der Waals surface area contributed by atoms with Gasteiger partial charge in [-0.3, -0.25) is 4.68 Å². The van der Waals surface area contributed by atoms with E-state index < -0.39 is 11.7 Å². The summed E-state index contributed by atoms with van der Waals surface area (Å²) in [6, 6.07) is 0.116. The van der Waals surface area contributed by atoms with Gasteiger partial charge in [-0.05, 0) is 38.3 Å². The molecule has 1 fully saturated rings. The Morgan fingerprint density at radius 1 is 1.44 bits per heavy atom. The molecule has 0 amide bonds. The molecule has 1 aromatic heterocycles. The van der Waals surface area contributed by atoms with Gasteiger partial charge in [0.05, 0.1) is 17.8 Å². The monoisotopic (exact) mass is 261 g/mol. The Kier molecular flexibility index (Phi) is 3.94. The molecule has 1 aliphatic carbocycles. The van der Waals surface area contributed by atoms with Crippen molar-refractivity contribution in [3.8, 4) is 0 Å². The van der Waals surface area contributed by atoms with E-state index in [1.54, 1.807) is 0 Å². The molecule has 1 aliphatic rings. The molecule has 2 atom stereocenters. The number of halogens is 3. The van der Waals surface area contributed by atoms with Gasteiger partial charge in [0.15, 0.2) is 0 Å². The molecule has 1 aromatic rings. The summed E-state index contributed by atoms with van der Waals surface area (Å²) >= 11 is 0. The molecule has 6 heteroatoms. The van der Waals surface area contributed by atoms with E-state index in [1.807, 2.05) is 0 Å². The second-order valence-electron chi connectivity index (χ2n) is 4.82. The van der Waals surface area contributed by atoms with Gasteiger partial charge in [-0.15, -0.1) is 0 Å². The van der Waals surface area contributed by atoms with Crippen molar-refractivity contribution in [2.45, 2.75) is 38.4 Å². The van der Waals surface area contributed by atoms with Crippen molar-refractivity contribution in [1.82, 2.24) is 15.1 Å². The Balaban J connectivity index is 1.93. The third kappa shape index (κ3) is 2.85. The first-order chi connectivity index (χ1) is 8.52. The van der Waals surface area contributed by atoms with E-state index in [-0.39, 0.29) is 6.04 Å². The lowest BCUT2D eigenvalue weighted by Crippen LogP contribution is -2.37. The van der Waals surface area contributed by atoms with Crippen molar-refractivity contribution < 1.29 is 13.2 Å². The summed E-state index contributed by atoms with van der Waals surface area (Å²) in [5.41, 5.74) is -0.658. The van der Waals surface area contributed by atoms with E-state index >= 15 is 0 Å². The van der Waals surface area contributed by atoms with Crippen LogP contribution in [0.2, 0.25) is 0 Å². The van der Waals surface area contributed by atoms with E-state index in [0.29, 0.717) is 5.92 Å². The molecule has 0 saturated heterocycles. The normalized spacial score (nSPS) is 24.0. The first-order valence-electron chi connectivity index (χ1n) is 6.34. The molecule has 2 unspecified atom stereocenters. The molecule has 1 N–H and O–H groups in total. The van der Waals surface area contributed by atoms with Crippen LogP contribution in [0, 0.1) is 5.92 Å². The second kappa shape index (κ2) is 5.30. The van der Waals surface area contributed by atoms with Crippen LogP contribution in [0.25, 0.3) is 0 Å². The van der Waals surface area contributed by atoms with Crippen LogP contribution in [0.5, 0.6) is 0 Å². The summed E-state index contributed by atoms with van der Waals surface area (Å²) in [5, 5.41) is 7.16. The minimum absolute atomic E-state index is 0.116. The van der Waals surface area contributed by atoms with Gasteiger partial charge in [-0.25, -0.2) is 0 Å². The zero-order valence-electron chi connectivity index (χ0n) is 10.4. The summed E-state index contributed by atoms with van der Waals surface area (Å²) in [4.78, 5) is 0. The molecule has 0 radical (unpaired) electrons. The first kappa shape index (κ1) is 13.4. The molecule has 18 heavy (non-hydrogen) atoms. The molecule has 0 spiro atoms. The third-order valence-electron chi connectivity index (χ3n) is 3.48.